The van der Waals surface area contributed by atoms with Crippen molar-refractivity contribution in [3.8, 4) is 11.6 Å². The normalized spacial score (nSPS) is 12.1. The first-order valence-corrected chi connectivity index (χ1v) is 7.14. The fourth-order valence-corrected chi connectivity index (χ4v) is 2.07. The third kappa shape index (κ3) is 4.85. The Hall–Kier alpha value is -1.91. The summed E-state index contributed by atoms with van der Waals surface area (Å²) < 4.78 is 10.9. The quantitative estimate of drug-likeness (QED) is 0.850. The molecule has 112 valence electrons. The van der Waals surface area contributed by atoms with Gasteiger partial charge in [-0.05, 0) is 43.5 Å². The highest BCUT2D eigenvalue weighted by atomic mass is 16.5. The highest BCUT2D eigenvalue weighted by Crippen LogP contribution is 2.24. The van der Waals surface area contributed by atoms with Gasteiger partial charge in [0.25, 0.3) is 0 Å². The average molecular weight is 286 g/mol. The predicted octanol–water partition coefficient (Wildman–Crippen LogP) is 2.95. The van der Waals surface area contributed by atoms with E-state index >= 15 is 0 Å². The summed E-state index contributed by atoms with van der Waals surface area (Å²) in [5.74, 6) is 1.40. The fraction of sp³-hybridized carbons (Fsp3) is 0.353. The van der Waals surface area contributed by atoms with Gasteiger partial charge in [-0.1, -0.05) is 18.2 Å². The lowest BCUT2D eigenvalue weighted by Gasteiger charge is -2.11. The molecule has 2 aromatic rings. The molecular formula is C17H22N2O2. The van der Waals surface area contributed by atoms with Gasteiger partial charge in [-0.2, -0.15) is 0 Å². The van der Waals surface area contributed by atoms with Crippen LogP contribution in [0, 0.1) is 0 Å². The van der Waals surface area contributed by atoms with Crippen molar-refractivity contribution in [1.82, 2.24) is 4.98 Å². The van der Waals surface area contributed by atoms with E-state index in [4.69, 9.17) is 15.2 Å². The van der Waals surface area contributed by atoms with E-state index in [1.165, 1.54) is 5.56 Å². The first-order valence-electron chi connectivity index (χ1n) is 7.14. The summed E-state index contributed by atoms with van der Waals surface area (Å²) in [5, 5.41) is 0. The Kier molecular flexibility index (Phi) is 5.72. The van der Waals surface area contributed by atoms with Crippen LogP contribution in [-0.4, -0.2) is 24.7 Å². The van der Waals surface area contributed by atoms with Crippen molar-refractivity contribution in [1.29, 1.82) is 0 Å². The fourth-order valence-electron chi connectivity index (χ4n) is 2.07. The highest BCUT2D eigenvalue weighted by Gasteiger charge is 2.08. The van der Waals surface area contributed by atoms with Crippen molar-refractivity contribution in [2.24, 2.45) is 5.73 Å². The molecule has 1 aromatic heterocycles. The van der Waals surface area contributed by atoms with Gasteiger partial charge in [-0.15, -0.1) is 0 Å². The molecule has 4 nitrogen and oxygen atoms in total. The summed E-state index contributed by atoms with van der Waals surface area (Å²) in [7, 11) is 1.71. The van der Waals surface area contributed by atoms with E-state index in [1.807, 2.05) is 43.3 Å². The molecule has 0 aliphatic carbocycles. The largest absolute Gasteiger partial charge is 0.439 e. The Balaban J connectivity index is 2.07. The molecule has 0 bridgehead atoms. The Morgan fingerprint density at radius 3 is 2.62 bits per heavy atom. The number of aromatic nitrogens is 1. The van der Waals surface area contributed by atoms with Crippen LogP contribution >= 0.6 is 0 Å². The third-order valence-electron chi connectivity index (χ3n) is 3.12. The van der Waals surface area contributed by atoms with Gasteiger partial charge in [0.15, 0.2) is 0 Å². The summed E-state index contributed by atoms with van der Waals surface area (Å²) in [6.07, 6.45) is 3.37. The molecule has 0 aliphatic rings. The number of hydrogen-bond donors (Lipinski definition) is 1. The van der Waals surface area contributed by atoms with E-state index in [9.17, 15) is 0 Å². The molecule has 0 saturated heterocycles. The van der Waals surface area contributed by atoms with Crippen LogP contribution < -0.4 is 10.5 Å². The van der Waals surface area contributed by atoms with Crippen molar-refractivity contribution in [3.05, 3.63) is 53.7 Å². The summed E-state index contributed by atoms with van der Waals surface area (Å²) in [6, 6.07) is 12.0. The number of nitrogens with zero attached hydrogens (tertiary/aromatic N) is 1. The summed E-state index contributed by atoms with van der Waals surface area (Å²) in [4.78, 5) is 4.30. The highest BCUT2D eigenvalue weighted by molar-refractivity contribution is 5.34. The second-order valence-corrected chi connectivity index (χ2v) is 5.14. The van der Waals surface area contributed by atoms with Crippen molar-refractivity contribution in [2.45, 2.75) is 25.8 Å². The number of rotatable bonds is 7. The van der Waals surface area contributed by atoms with E-state index in [1.54, 1.807) is 13.3 Å². The van der Waals surface area contributed by atoms with Crippen LogP contribution in [0.4, 0.5) is 0 Å². The molecule has 4 heteroatoms. The molecule has 21 heavy (non-hydrogen) atoms. The van der Waals surface area contributed by atoms with Crippen LogP contribution in [0.15, 0.2) is 42.6 Å². The lowest BCUT2D eigenvalue weighted by molar-refractivity contribution is 0.202. The van der Waals surface area contributed by atoms with Gasteiger partial charge >= 0.3 is 0 Å². The van der Waals surface area contributed by atoms with Gasteiger partial charge < -0.3 is 15.2 Å². The molecule has 2 N–H and O–H groups in total. The average Bonchev–Trinajstić information content (AvgIpc) is 2.48. The second-order valence-electron chi connectivity index (χ2n) is 5.14. The van der Waals surface area contributed by atoms with Gasteiger partial charge in [0.05, 0.1) is 6.61 Å². The first-order chi connectivity index (χ1) is 10.2. The third-order valence-corrected chi connectivity index (χ3v) is 3.12. The Morgan fingerprint density at radius 2 is 1.95 bits per heavy atom. The number of pyridine rings is 1. The Morgan fingerprint density at radius 1 is 1.19 bits per heavy atom. The summed E-state index contributed by atoms with van der Waals surface area (Å²) >= 11 is 0. The molecule has 1 unspecified atom stereocenters. The smallest absolute Gasteiger partial charge is 0.222 e. The zero-order valence-corrected chi connectivity index (χ0v) is 12.6. The van der Waals surface area contributed by atoms with Crippen LogP contribution in [0.1, 0.15) is 18.1 Å². The molecule has 0 amide bonds. The van der Waals surface area contributed by atoms with Gasteiger partial charge in [-0.25, -0.2) is 4.98 Å². The van der Waals surface area contributed by atoms with Gasteiger partial charge in [0.2, 0.25) is 5.88 Å². The lowest BCUT2D eigenvalue weighted by atomic mass is 10.1. The molecule has 0 saturated carbocycles. The molecule has 0 aliphatic heterocycles. The minimum Gasteiger partial charge on any atom is -0.439 e. The minimum atomic E-state index is 0.0768. The second kappa shape index (κ2) is 7.76. The van der Waals surface area contributed by atoms with Crippen molar-refractivity contribution in [3.63, 3.8) is 0 Å². The van der Waals surface area contributed by atoms with E-state index < -0.39 is 0 Å². The van der Waals surface area contributed by atoms with Crippen LogP contribution in [0.2, 0.25) is 0 Å². The van der Waals surface area contributed by atoms with Gasteiger partial charge in [0, 0.05) is 24.9 Å². The topological polar surface area (TPSA) is 57.4 Å². The maximum atomic E-state index is 5.87. The molecule has 1 heterocycles. The molecule has 0 radical (unpaired) electrons. The number of hydrogen-bond acceptors (Lipinski definition) is 4. The molecule has 1 atom stereocenters. The summed E-state index contributed by atoms with van der Waals surface area (Å²) in [6.45, 7) is 2.69. The zero-order chi connectivity index (χ0) is 15.1. The Labute approximate surface area is 125 Å². The number of methoxy groups -OCH3 is 1. The van der Waals surface area contributed by atoms with E-state index in [2.05, 4.69) is 4.98 Å². The van der Waals surface area contributed by atoms with Gasteiger partial charge in [0.1, 0.15) is 5.75 Å². The molecule has 1 aromatic carbocycles. The van der Waals surface area contributed by atoms with Crippen LogP contribution in [0.5, 0.6) is 11.6 Å². The van der Waals surface area contributed by atoms with E-state index in [0.29, 0.717) is 5.88 Å². The number of benzene rings is 1. The van der Waals surface area contributed by atoms with Crippen LogP contribution in [-0.2, 0) is 17.6 Å². The summed E-state index contributed by atoms with van der Waals surface area (Å²) in [5.41, 5.74) is 8.11. The predicted molar refractivity (Wildman–Crippen MR) is 83.7 cm³/mol. The molecule has 0 fully saturated rings. The minimum absolute atomic E-state index is 0.0768. The molecule has 0 spiro atoms. The maximum Gasteiger partial charge on any atom is 0.222 e. The van der Waals surface area contributed by atoms with Crippen molar-refractivity contribution < 1.29 is 9.47 Å². The molecule has 2 rings (SSSR count). The lowest BCUT2D eigenvalue weighted by Crippen LogP contribution is -2.18. The van der Waals surface area contributed by atoms with Gasteiger partial charge in [-0.3, -0.25) is 0 Å². The van der Waals surface area contributed by atoms with E-state index in [0.717, 1.165) is 30.8 Å². The Bertz CT molecular complexity index is 553. The maximum absolute atomic E-state index is 5.87. The molecular weight excluding hydrogens is 264 g/mol. The number of ether oxygens (including phenoxy) is 2. The van der Waals surface area contributed by atoms with Crippen LogP contribution in [0.3, 0.4) is 0 Å². The number of nitrogens with two attached hydrogens (primary N) is 1. The monoisotopic (exact) mass is 286 g/mol. The van der Waals surface area contributed by atoms with E-state index in [-0.39, 0.29) is 6.04 Å². The first kappa shape index (κ1) is 15.5. The zero-order valence-electron chi connectivity index (χ0n) is 12.6. The van der Waals surface area contributed by atoms with Crippen molar-refractivity contribution >= 4 is 0 Å². The van der Waals surface area contributed by atoms with Crippen LogP contribution in [0.25, 0.3) is 0 Å². The van der Waals surface area contributed by atoms with Crippen molar-refractivity contribution in [2.75, 3.05) is 13.7 Å². The standard InChI is InChI=1S/C17H22N2O2/c1-13(18)12-15-4-3-10-19-17(15)21-16-7-5-14(6-8-16)9-11-20-2/h3-8,10,13H,9,11-12,18H2,1-2H3. The SMILES string of the molecule is COCCc1ccc(Oc2ncccc2CC(C)N)cc1.